The average molecular weight is 287 g/mol. The Kier molecular flexibility index (Phi) is 4.84. The first-order valence-electron chi connectivity index (χ1n) is 7.25. The Morgan fingerprint density at radius 1 is 1.00 bits per heavy atom. The van der Waals surface area contributed by atoms with Crippen molar-refractivity contribution in [2.75, 3.05) is 5.32 Å². The summed E-state index contributed by atoms with van der Waals surface area (Å²) in [4.78, 5) is 0. The standard InChI is InChI=1S/C18H22FNO/c1-12(2)21-17-9-6-15(7-10-17)14(4)20-16-8-5-13(3)18(19)11-16/h5-12,14,20H,1-4H3. The fraction of sp³-hybridized carbons (Fsp3) is 0.333. The number of rotatable bonds is 5. The third-order valence-electron chi connectivity index (χ3n) is 3.31. The molecule has 112 valence electrons. The molecule has 2 nitrogen and oxygen atoms in total. The maximum Gasteiger partial charge on any atom is 0.128 e. The van der Waals surface area contributed by atoms with Crippen LogP contribution in [0.4, 0.5) is 10.1 Å². The number of nitrogens with one attached hydrogen (secondary N) is 1. The molecule has 0 saturated carbocycles. The van der Waals surface area contributed by atoms with Gasteiger partial charge < -0.3 is 10.1 Å². The number of hydrogen-bond donors (Lipinski definition) is 1. The lowest BCUT2D eigenvalue weighted by atomic mass is 10.1. The van der Waals surface area contributed by atoms with Crippen molar-refractivity contribution < 1.29 is 9.13 Å². The summed E-state index contributed by atoms with van der Waals surface area (Å²) in [6.07, 6.45) is 0.168. The minimum absolute atomic E-state index is 0.0974. The van der Waals surface area contributed by atoms with E-state index in [1.54, 1.807) is 13.0 Å². The molecule has 1 atom stereocenters. The summed E-state index contributed by atoms with van der Waals surface area (Å²) in [6, 6.07) is 13.3. The van der Waals surface area contributed by atoms with Crippen molar-refractivity contribution in [2.24, 2.45) is 0 Å². The van der Waals surface area contributed by atoms with Crippen LogP contribution < -0.4 is 10.1 Å². The second kappa shape index (κ2) is 6.61. The minimum atomic E-state index is -0.187. The first-order chi connectivity index (χ1) is 9.95. The summed E-state index contributed by atoms with van der Waals surface area (Å²) < 4.78 is 19.2. The van der Waals surface area contributed by atoms with E-state index in [9.17, 15) is 4.39 Å². The van der Waals surface area contributed by atoms with Gasteiger partial charge in [-0.2, -0.15) is 0 Å². The Bertz CT molecular complexity index is 593. The van der Waals surface area contributed by atoms with E-state index in [1.165, 1.54) is 6.07 Å². The monoisotopic (exact) mass is 287 g/mol. The molecule has 0 fully saturated rings. The number of aryl methyl sites for hydroxylation is 1. The number of halogens is 1. The number of anilines is 1. The molecule has 0 amide bonds. The van der Waals surface area contributed by atoms with E-state index < -0.39 is 0 Å². The van der Waals surface area contributed by atoms with Gasteiger partial charge in [0.05, 0.1) is 6.10 Å². The lowest BCUT2D eigenvalue weighted by Crippen LogP contribution is -2.08. The summed E-state index contributed by atoms with van der Waals surface area (Å²) >= 11 is 0. The lowest BCUT2D eigenvalue weighted by Gasteiger charge is -2.17. The van der Waals surface area contributed by atoms with E-state index in [2.05, 4.69) is 12.2 Å². The van der Waals surface area contributed by atoms with E-state index >= 15 is 0 Å². The maximum absolute atomic E-state index is 13.5. The summed E-state index contributed by atoms with van der Waals surface area (Å²) in [7, 11) is 0. The third kappa shape index (κ3) is 4.22. The zero-order chi connectivity index (χ0) is 15.4. The summed E-state index contributed by atoms with van der Waals surface area (Å²) in [5.41, 5.74) is 2.57. The Hall–Kier alpha value is -2.03. The van der Waals surface area contributed by atoms with Crippen molar-refractivity contribution in [3.05, 3.63) is 59.4 Å². The van der Waals surface area contributed by atoms with Crippen LogP contribution in [0.3, 0.4) is 0 Å². The van der Waals surface area contributed by atoms with Gasteiger partial charge in [-0.25, -0.2) is 4.39 Å². The molecule has 0 spiro atoms. The van der Waals surface area contributed by atoms with Crippen LogP contribution in [0.2, 0.25) is 0 Å². The normalized spacial score (nSPS) is 12.3. The van der Waals surface area contributed by atoms with Crippen LogP contribution >= 0.6 is 0 Å². The number of benzene rings is 2. The minimum Gasteiger partial charge on any atom is -0.491 e. The zero-order valence-electron chi connectivity index (χ0n) is 13.0. The van der Waals surface area contributed by atoms with Gasteiger partial charge in [-0.15, -0.1) is 0 Å². The highest BCUT2D eigenvalue weighted by Gasteiger charge is 2.07. The average Bonchev–Trinajstić information content (AvgIpc) is 2.43. The first kappa shape index (κ1) is 15.4. The van der Waals surface area contributed by atoms with Crippen molar-refractivity contribution in [3.8, 4) is 5.75 Å². The van der Waals surface area contributed by atoms with Crippen molar-refractivity contribution >= 4 is 5.69 Å². The molecular formula is C18H22FNO. The Morgan fingerprint density at radius 3 is 2.24 bits per heavy atom. The molecule has 21 heavy (non-hydrogen) atoms. The second-order valence-corrected chi connectivity index (χ2v) is 5.57. The Balaban J connectivity index is 2.05. The number of hydrogen-bond acceptors (Lipinski definition) is 2. The van der Waals surface area contributed by atoms with Gasteiger partial charge in [0.25, 0.3) is 0 Å². The van der Waals surface area contributed by atoms with Gasteiger partial charge in [-0.3, -0.25) is 0 Å². The lowest BCUT2D eigenvalue weighted by molar-refractivity contribution is 0.242. The van der Waals surface area contributed by atoms with Gasteiger partial charge in [0.1, 0.15) is 11.6 Å². The molecular weight excluding hydrogens is 265 g/mol. The molecule has 0 aliphatic heterocycles. The molecule has 0 aliphatic carbocycles. The van der Waals surface area contributed by atoms with Crippen molar-refractivity contribution in [1.82, 2.24) is 0 Å². The van der Waals surface area contributed by atoms with E-state index in [0.717, 1.165) is 17.0 Å². The molecule has 0 aromatic heterocycles. The molecule has 0 radical (unpaired) electrons. The van der Waals surface area contributed by atoms with Gasteiger partial charge in [0.15, 0.2) is 0 Å². The Labute approximate surface area is 126 Å². The molecule has 0 aliphatic rings. The molecule has 1 unspecified atom stereocenters. The van der Waals surface area contributed by atoms with Crippen LogP contribution in [-0.4, -0.2) is 6.10 Å². The summed E-state index contributed by atoms with van der Waals surface area (Å²) in [5.74, 6) is 0.676. The number of ether oxygens (including phenoxy) is 1. The van der Waals surface area contributed by atoms with Crippen molar-refractivity contribution in [3.63, 3.8) is 0 Å². The molecule has 2 aromatic rings. The quantitative estimate of drug-likeness (QED) is 0.826. The van der Waals surface area contributed by atoms with Crippen molar-refractivity contribution in [2.45, 2.75) is 39.8 Å². The van der Waals surface area contributed by atoms with Gasteiger partial charge >= 0.3 is 0 Å². The molecule has 2 aromatic carbocycles. The topological polar surface area (TPSA) is 21.3 Å². The fourth-order valence-corrected chi connectivity index (χ4v) is 2.12. The first-order valence-corrected chi connectivity index (χ1v) is 7.25. The molecule has 2 rings (SSSR count). The van der Waals surface area contributed by atoms with Crippen LogP contribution in [0.5, 0.6) is 5.75 Å². The largest absolute Gasteiger partial charge is 0.491 e. The van der Waals surface area contributed by atoms with E-state index in [1.807, 2.05) is 44.2 Å². The predicted molar refractivity (Wildman–Crippen MR) is 85.4 cm³/mol. The highest BCUT2D eigenvalue weighted by molar-refractivity contribution is 5.47. The summed E-state index contributed by atoms with van der Waals surface area (Å²) in [5, 5.41) is 3.31. The third-order valence-corrected chi connectivity index (χ3v) is 3.31. The fourth-order valence-electron chi connectivity index (χ4n) is 2.12. The summed E-state index contributed by atoms with van der Waals surface area (Å²) in [6.45, 7) is 7.82. The SMILES string of the molecule is Cc1ccc(NC(C)c2ccc(OC(C)C)cc2)cc1F. The smallest absolute Gasteiger partial charge is 0.128 e. The van der Waals surface area contributed by atoms with Gasteiger partial charge in [0.2, 0.25) is 0 Å². The predicted octanol–water partition coefficient (Wildman–Crippen LogP) is 5.09. The highest BCUT2D eigenvalue weighted by atomic mass is 19.1. The molecule has 1 N–H and O–H groups in total. The van der Waals surface area contributed by atoms with Crippen LogP contribution in [-0.2, 0) is 0 Å². The van der Waals surface area contributed by atoms with E-state index in [0.29, 0.717) is 5.56 Å². The van der Waals surface area contributed by atoms with E-state index in [4.69, 9.17) is 4.74 Å². The van der Waals surface area contributed by atoms with Gasteiger partial charge in [-0.05, 0) is 63.1 Å². The van der Waals surface area contributed by atoms with E-state index in [-0.39, 0.29) is 18.0 Å². The molecule has 0 heterocycles. The van der Waals surface area contributed by atoms with Gasteiger partial charge in [-0.1, -0.05) is 18.2 Å². The van der Waals surface area contributed by atoms with Crippen LogP contribution in [0.15, 0.2) is 42.5 Å². The Morgan fingerprint density at radius 2 is 1.67 bits per heavy atom. The van der Waals surface area contributed by atoms with Crippen LogP contribution in [0.1, 0.15) is 37.9 Å². The molecule has 0 bridgehead atoms. The van der Waals surface area contributed by atoms with Gasteiger partial charge in [0, 0.05) is 11.7 Å². The molecule has 0 saturated heterocycles. The zero-order valence-corrected chi connectivity index (χ0v) is 13.0. The van der Waals surface area contributed by atoms with Crippen LogP contribution in [0, 0.1) is 12.7 Å². The molecule has 3 heteroatoms. The maximum atomic E-state index is 13.5. The highest BCUT2D eigenvalue weighted by Crippen LogP contribution is 2.23. The van der Waals surface area contributed by atoms with Crippen molar-refractivity contribution in [1.29, 1.82) is 0 Å². The second-order valence-electron chi connectivity index (χ2n) is 5.57. The van der Waals surface area contributed by atoms with Crippen LogP contribution in [0.25, 0.3) is 0 Å².